The van der Waals surface area contributed by atoms with Crippen molar-refractivity contribution in [3.8, 4) is 5.75 Å². The Morgan fingerprint density at radius 2 is 2.06 bits per heavy atom. The lowest BCUT2D eigenvalue weighted by molar-refractivity contribution is -0.112. The van der Waals surface area contributed by atoms with Crippen molar-refractivity contribution in [2.24, 2.45) is 0 Å². The van der Waals surface area contributed by atoms with Gasteiger partial charge in [0.15, 0.2) is 0 Å². The summed E-state index contributed by atoms with van der Waals surface area (Å²) in [5.74, 6) is 0.479. The third-order valence-corrected chi connectivity index (χ3v) is 3.63. The van der Waals surface area contributed by atoms with Gasteiger partial charge in [0.1, 0.15) is 17.7 Å². The van der Waals surface area contributed by atoms with E-state index in [1.807, 2.05) is 0 Å². The first-order valence-electron chi connectivity index (χ1n) is 6.40. The molecule has 2 fully saturated rings. The average Bonchev–Trinajstić information content (AvgIpc) is 2.80. The highest BCUT2D eigenvalue weighted by Gasteiger charge is 2.41. The highest BCUT2D eigenvalue weighted by atomic mass is 19.1. The first-order valence-corrected chi connectivity index (χ1v) is 6.40. The average molecular weight is 252 g/mol. The maximum atomic E-state index is 12.8. The summed E-state index contributed by atoms with van der Waals surface area (Å²) in [5, 5.41) is 0. The Morgan fingerprint density at radius 1 is 1.22 bits per heavy atom. The minimum atomic E-state index is -0.241. The van der Waals surface area contributed by atoms with E-state index in [9.17, 15) is 4.39 Å². The van der Waals surface area contributed by atoms with Crippen molar-refractivity contribution in [1.29, 1.82) is 0 Å². The molecule has 0 aliphatic carbocycles. The first kappa shape index (κ1) is 11.9. The Labute approximate surface area is 106 Å². The van der Waals surface area contributed by atoms with E-state index in [0.29, 0.717) is 13.2 Å². The van der Waals surface area contributed by atoms with Gasteiger partial charge in [0.05, 0.1) is 18.8 Å². The van der Waals surface area contributed by atoms with Crippen molar-refractivity contribution in [3.05, 3.63) is 30.1 Å². The number of hydrogen-bond donors (Lipinski definition) is 0. The van der Waals surface area contributed by atoms with Gasteiger partial charge in [-0.3, -0.25) is 0 Å². The van der Waals surface area contributed by atoms with E-state index in [2.05, 4.69) is 0 Å². The van der Waals surface area contributed by atoms with Gasteiger partial charge in [-0.2, -0.15) is 0 Å². The topological polar surface area (TPSA) is 27.7 Å². The zero-order valence-corrected chi connectivity index (χ0v) is 10.2. The minimum absolute atomic E-state index is 0.130. The van der Waals surface area contributed by atoms with Gasteiger partial charge < -0.3 is 14.2 Å². The summed E-state index contributed by atoms with van der Waals surface area (Å²) in [7, 11) is 0. The quantitative estimate of drug-likeness (QED) is 0.809. The summed E-state index contributed by atoms with van der Waals surface area (Å²) in [6.07, 6.45) is 2.80. The van der Waals surface area contributed by atoms with Gasteiger partial charge in [-0.25, -0.2) is 4.39 Å². The van der Waals surface area contributed by atoms with Crippen LogP contribution >= 0.6 is 0 Å². The summed E-state index contributed by atoms with van der Waals surface area (Å²) in [4.78, 5) is 0. The maximum absolute atomic E-state index is 12.8. The van der Waals surface area contributed by atoms with Gasteiger partial charge in [0.2, 0.25) is 0 Å². The molecule has 0 aromatic heterocycles. The normalized spacial score (nSPS) is 31.7. The molecular weight excluding hydrogens is 235 g/mol. The third-order valence-electron chi connectivity index (χ3n) is 3.63. The van der Waals surface area contributed by atoms with E-state index in [-0.39, 0.29) is 17.5 Å². The van der Waals surface area contributed by atoms with Crippen LogP contribution in [0.15, 0.2) is 24.3 Å². The molecule has 2 aliphatic rings. The predicted molar refractivity (Wildman–Crippen MR) is 64.2 cm³/mol. The fourth-order valence-electron chi connectivity index (χ4n) is 2.65. The van der Waals surface area contributed by atoms with Crippen molar-refractivity contribution < 1.29 is 18.6 Å². The molecule has 3 nitrogen and oxygen atoms in total. The second-order valence-electron chi connectivity index (χ2n) is 5.02. The van der Waals surface area contributed by atoms with Crippen LogP contribution in [0.5, 0.6) is 5.75 Å². The highest BCUT2D eigenvalue weighted by Crippen LogP contribution is 2.34. The number of halogens is 1. The van der Waals surface area contributed by atoms with Crippen LogP contribution in [0.25, 0.3) is 0 Å². The minimum Gasteiger partial charge on any atom is -0.490 e. The Hall–Kier alpha value is -1.13. The molecule has 3 rings (SSSR count). The second kappa shape index (κ2) is 4.86. The molecule has 0 radical (unpaired) electrons. The molecule has 0 N–H and O–H groups in total. The SMILES string of the molecule is Fc1ccc(OC2CCOC3(CCOC3)C2)cc1. The Kier molecular flexibility index (Phi) is 3.22. The van der Waals surface area contributed by atoms with Crippen LogP contribution in [-0.4, -0.2) is 31.5 Å². The van der Waals surface area contributed by atoms with Crippen molar-refractivity contribution >= 4 is 0 Å². The van der Waals surface area contributed by atoms with Gasteiger partial charge >= 0.3 is 0 Å². The van der Waals surface area contributed by atoms with Crippen LogP contribution in [0.2, 0.25) is 0 Å². The first-order chi connectivity index (χ1) is 8.76. The summed E-state index contributed by atoms with van der Waals surface area (Å²) in [5.41, 5.74) is -0.150. The van der Waals surface area contributed by atoms with Crippen molar-refractivity contribution in [3.63, 3.8) is 0 Å². The molecule has 2 heterocycles. The van der Waals surface area contributed by atoms with Crippen molar-refractivity contribution in [2.75, 3.05) is 19.8 Å². The van der Waals surface area contributed by atoms with Gasteiger partial charge in [0, 0.05) is 25.9 Å². The summed E-state index contributed by atoms with van der Waals surface area (Å²) in [6.45, 7) is 2.13. The fourth-order valence-corrected chi connectivity index (χ4v) is 2.65. The number of ether oxygens (including phenoxy) is 3. The highest BCUT2D eigenvalue weighted by molar-refractivity contribution is 5.22. The molecule has 98 valence electrons. The van der Waals surface area contributed by atoms with Gasteiger partial charge in [0.25, 0.3) is 0 Å². The number of rotatable bonds is 2. The van der Waals surface area contributed by atoms with Gasteiger partial charge in [-0.05, 0) is 24.3 Å². The molecule has 0 bridgehead atoms. The second-order valence-corrected chi connectivity index (χ2v) is 5.02. The summed E-state index contributed by atoms with van der Waals surface area (Å²) >= 11 is 0. The lowest BCUT2D eigenvalue weighted by Gasteiger charge is -2.37. The lowest BCUT2D eigenvalue weighted by atomic mass is 9.91. The molecule has 0 amide bonds. The third kappa shape index (κ3) is 2.49. The molecule has 2 unspecified atom stereocenters. The monoisotopic (exact) mass is 252 g/mol. The van der Waals surface area contributed by atoms with Crippen molar-refractivity contribution in [1.82, 2.24) is 0 Å². The lowest BCUT2D eigenvalue weighted by Crippen LogP contribution is -2.44. The van der Waals surface area contributed by atoms with Gasteiger partial charge in [-0.1, -0.05) is 0 Å². The van der Waals surface area contributed by atoms with Crippen LogP contribution in [-0.2, 0) is 9.47 Å². The van der Waals surface area contributed by atoms with Crippen LogP contribution in [0.1, 0.15) is 19.3 Å². The molecule has 4 heteroatoms. The smallest absolute Gasteiger partial charge is 0.123 e. The van der Waals surface area contributed by atoms with E-state index in [0.717, 1.165) is 31.6 Å². The summed E-state index contributed by atoms with van der Waals surface area (Å²) in [6, 6.07) is 6.18. The largest absolute Gasteiger partial charge is 0.490 e. The van der Waals surface area contributed by atoms with Gasteiger partial charge in [-0.15, -0.1) is 0 Å². The summed E-state index contributed by atoms with van der Waals surface area (Å²) < 4.78 is 30.0. The Bertz CT molecular complexity index is 398. The molecular formula is C14H17FO3. The molecule has 1 aromatic carbocycles. The fraction of sp³-hybridized carbons (Fsp3) is 0.571. The van der Waals surface area contributed by atoms with E-state index in [1.165, 1.54) is 12.1 Å². The molecule has 18 heavy (non-hydrogen) atoms. The zero-order chi connectivity index (χ0) is 12.4. The molecule has 2 atom stereocenters. The molecule has 1 spiro atoms. The Balaban J connectivity index is 1.64. The molecule has 0 saturated carbocycles. The number of benzene rings is 1. The van der Waals surface area contributed by atoms with Crippen LogP contribution in [0, 0.1) is 5.82 Å². The molecule has 2 saturated heterocycles. The van der Waals surface area contributed by atoms with E-state index in [1.54, 1.807) is 12.1 Å². The van der Waals surface area contributed by atoms with E-state index >= 15 is 0 Å². The van der Waals surface area contributed by atoms with Crippen molar-refractivity contribution in [2.45, 2.75) is 31.0 Å². The predicted octanol–water partition coefficient (Wildman–Crippen LogP) is 2.54. The van der Waals surface area contributed by atoms with E-state index < -0.39 is 0 Å². The van der Waals surface area contributed by atoms with Crippen LogP contribution < -0.4 is 4.74 Å². The number of hydrogen-bond acceptors (Lipinski definition) is 3. The maximum Gasteiger partial charge on any atom is 0.123 e. The standard InChI is InChI=1S/C14H17FO3/c15-11-1-3-12(4-2-11)18-13-5-7-17-14(9-13)6-8-16-10-14/h1-4,13H,5-10H2. The van der Waals surface area contributed by atoms with Crippen LogP contribution in [0.4, 0.5) is 4.39 Å². The van der Waals surface area contributed by atoms with E-state index in [4.69, 9.17) is 14.2 Å². The Morgan fingerprint density at radius 3 is 2.78 bits per heavy atom. The van der Waals surface area contributed by atoms with Crippen LogP contribution in [0.3, 0.4) is 0 Å². The molecule has 2 aliphatic heterocycles. The molecule has 1 aromatic rings. The zero-order valence-electron chi connectivity index (χ0n) is 10.2.